The SMILES string of the molecule is CCn1nc(C)cc1CC(NN)c1ccc2c(c1)COC2. The fourth-order valence-electron chi connectivity index (χ4n) is 2.93. The second-order valence-electron chi connectivity index (χ2n) is 5.54. The van der Waals surface area contributed by atoms with Crippen molar-refractivity contribution in [3.05, 3.63) is 52.3 Å². The summed E-state index contributed by atoms with van der Waals surface area (Å²) in [4.78, 5) is 0. The third-order valence-electron chi connectivity index (χ3n) is 4.05. The van der Waals surface area contributed by atoms with Crippen LogP contribution in [0.5, 0.6) is 0 Å². The quantitative estimate of drug-likeness (QED) is 0.651. The first-order chi connectivity index (χ1) is 10.2. The summed E-state index contributed by atoms with van der Waals surface area (Å²) in [5.74, 6) is 5.79. The maximum absolute atomic E-state index is 5.79. The van der Waals surface area contributed by atoms with Crippen molar-refractivity contribution in [3.63, 3.8) is 0 Å². The second kappa shape index (κ2) is 5.97. The van der Waals surface area contributed by atoms with Gasteiger partial charge in [0.2, 0.25) is 0 Å². The molecule has 1 aromatic carbocycles. The molecule has 0 radical (unpaired) electrons. The van der Waals surface area contributed by atoms with E-state index < -0.39 is 0 Å². The number of ether oxygens (including phenoxy) is 1. The zero-order chi connectivity index (χ0) is 14.8. The minimum atomic E-state index is 0.0808. The number of nitrogens with two attached hydrogens (primary N) is 1. The number of aromatic nitrogens is 2. The first kappa shape index (κ1) is 14.3. The number of rotatable bonds is 5. The Morgan fingerprint density at radius 1 is 1.33 bits per heavy atom. The minimum Gasteiger partial charge on any atom is -0.372 e. The Kier molecular flexibility index (Phi) is 4.05. The maximum Gasteiger partial charge on any atom is 0.0725 e. The Labute approximate surface area is 125 Å². The number of benzene rings is 1. The molecule has 112 valence electrons. The molecule has 3 N–H and O–H groups in total. The van der Waals surface area contributed by atoms with E-state index in [1.54, 1.807) is 0 Å². The first-order valence-corrected chi connectivity index (χ1v) is 7.40. The summed E-state index contributed by atoms with van der Waals surface area (Å²) in [6.45, 7) is 6.42. The summed E-state index contributed by atoms with van der Waals surface area (Å²) in [5.41, 5.74) is 8.94. The predicted molar refractivity (Wildman–Crippen MR) is 81.3 cm³/mol. The summed E-state index contributed by atoms with van der Waals surface area (Å²) in [6.07, 6.45) is 0.824. The lowest BCUT2D eigenvalue weighted by atomic mass is 9.98. The van der Waals surface area contributed by atoms with Crippen LogP contribution in [0.1, 0.15) is 41.0 Å². The number of hydrazine groups is 1. The van der Waals surface area contributed by atoms with Crippen molar-refractivity contribution in [1.82, 2.24) is 15.2 Å². The van der Waals surface area contributed by atoms with Crippen LogP contribution >= 0.6 is 0 Å². The van der Waals surface area contributed by atoms with Crippen molar-refractivity contribution < 1.29 is 4.74 Å². The van der Waals surface area contributed by atoms with Gasteiger partial charge in [0, 0.05) is 18.7 Å². The highest BCUT2D eigenvalue weighted by molar-refractivity contribution is 5.35. The molecule has 0 spiro atoms. The van der Waals surface area contributed by atoms with Gasteiger partial charge in [-0.25, -0.2) is 0 Å². The molecule has 0 amide bonds. The summed E-state index contributed by atoms with van der Waals surface area (Å²) in [7, 11) is 0. The molecule has 1 aliphatic heterocycles. The number of nitrogens with one attached hydrogen (secondary N) is 1. The van der Waals surface area contributed by atoms with Gasteiger partial charge in [-0.05, 0) is 36.6 Å². The summed E-state index contributed by atoms with van der Waals surface area (Å²) >= 11 is 0. The predicted octanol–water partition coefficient (Wildman–Crippen LogP) is 1.99. The van der Waals surface area contributed by atoms with E-state index >= 15 is 0 Å². The molecule has 1 aromatic heterocycles. The van der Waals surface area contributed by atoms with Crippen LogP contribution in [0, 0.1) is 6.92 Å². The Hall–Kier alpha value is -1.69. The molecule has 0 saturated heterocycles. The molecule has 21 heavy (non-hydrogen) atoms. The molecule has 2 heterocycles. The third-order valence-corrected chi connectivity index (χ3v) is 4.05. The molecule has 0 fully saturated rings. The average Bonchev–Trinajstić information content (AvgIpc) is 3.09. The van der Waals surface area contributed by atoms with Crippen molar-refractivity contribution in [3.8, 4) is 0 Å². The zero-order valence-corrected chi connectivity index (χ0v) is 12.6. The van der Waals surface area contributed by atoms with Crippen molar-refractivity contribution in [2.45, 2.75) is 46.1 Å². The van der Waals surface area contributed by atoms with Crippen molar-refractivity contribution in [2.75, 3.05) is 0 Å². The Morgan fingerprint density at radius 3 is 2.90 bits per heavy atom. The normalized spacial score (nSPS) is 15.2. The molecule has 1 aliphatic rings. The lowest BCUT2D eigenvalue weighted by Gasteiger charge is -2.17. The molecule has 5 heteroatoms. The van der Waals surface area contributed by atoms with Gasteiger partial charge < -0.3 is 4.74 Å². The van der Waals surface area contributed by atoms with E-state index in [4.69, 9.17) is 10.6 Å². The van der Waals surface area contributed by atoms with E-state index in [1.807, 2.05) is 11.6 Å². The molecule has 3 rings (SSSR count). The fourth-order valence-corrected chi connectivity index (χ4v) is 2.93. The van der Waals surface area contributed by atoms with Crippen LogP contribution in [-0.4, -0.2) is 9.78 Å². The van der Waals surface area contributed by atoms with Gasteiger partial charge in [-0.15, -0.1) is 0 Å². The highest BCUT2D eigenvalue weighted by Crippen LogP contribution is 2.25. The van der Waals surface area contributed by atoms with E-state index in [-0.39, 0.29) is 6.04 Å². The van der Waals surface area contributed by atoms with Gasteiger partial charge in [0.05, 0.1) is 24.9 Å². The Morgan fingerprint density at radius 2 is 2.14 bits per heavy atom. The van der Waals surface area contributed by atoms with Gasteiger partial charge in [-0.1, -0.05) is 18.2 Å². The fraction of sp³-hybridized carbons (Fsp3) is 0.438. The molecular formula is C16H22N4O. The summed E-state index contributed by atoms with van der Waals surface area (Å²) in [6, 6.07) is 8.69. The number of hydrogen-bond acceptors (Lipinski definition) is 4. The summed E-state index contributed by atoms with van der Waals surface area (Å²) in [5, 5.41) is 4.50. The molecule has 2 aromatic rings. The highest BCUT2D eigenvalue weighted by atomic mass is 16.5. The van der Waals surface area contributed by atoms with Crippen molar-refractivity contribution in [1.29, 1.82) is 0 Å². The lowest BCUT2D eigenvalue weighted by molar-refractivity contribution is 0.134. The van der Waals surface area contributed by atoms with E-state index in [0.717, 1.165) is 25.3 Å². The maximum atomic E-state index is 5.79. The molecule has 1 unspecified atom stereocenters. The second-order valence-corrected chi connectivity index (χ2v) is 5.54. The smallest absolute Gasteiger partial charge is 0.0725 e. The van der Waals surface area contributed by atoms with Gasteiger partial charge in [0.15, 0.2) is 0 Å². The number of fused-ring (bicyclic) bond motifs is 1. The molecule has 0 bridgehead atoms. The van der Waals surface area contributed by atoms with Crippen LogP contribution in [0.3, 0.4) is 0 Å². The monoisotopic (exact) mass is 286 g/mol. The number of nitrogens with zero attached hydrogens (tertiary/aromatic N) is 2. The van der Waals surface area contributed by atoms with Crippen molar-refractivity contribution >= 4 is 0 Å². The van der Waals surface area contributed by atoms with Crippen LogP contribution < -0.4 is 11.3 Å². The number of aryl methyl sites for hydroxylation is 2. The van der Waals surface area contributed by atoms with Gasteiger partial charge in [-0.2, -0.15) is 5.10 Å². The van der Waals surface area contributed by atoms with Crippen LogP contribution in [0.25, 0.3) is 0 Å². The lowest BCUT2D eigenvalue weighted by Crippen LogP contribution is -2.30. The van der Waals surface area contributed by atoms with Crippen molar-refractivity contribution in [2.24, 2.45) is 5.84 Å². The van der Waals surface area contributed by atoms with E-state index in [0.29, 0.717) is 6.61 Å². The molecular weight excluding hydrogens is 264 g/mol. The topological polar surface area (TPSA) is 65.1 Å². The van der Waals surface area contributed by atoms with Crippen LogP contribution in [0.4, 0.5) is 0 Å². The molecule has 1 atom stereocenters. The third kappa shape index (κ3) is 2.85. The van der Waals surface area contributed by atoms with Gasteiger partial charge in [-0.3, -0.25) is 16.0 Å². The van der Waals surface area contributed by atoms with E-state index in [1.165, 1.54) is 22.4 Å². The molecule has 0 aliphatic carbocycles. The Bertz CT molecular complexity index is 635. The average molecular weight is 286 g/mol. The first-order valence-electron chi connectivity index (χ1n) is 7.40. The van der Waals surface area contributed by atoms with E-state index in [9.17, 15) is 0 Å². The minimum absolute atomic E-state index is 0.0808. The Balaban J connectivity index is 1.84. The zero-order valence-electron chi connectivity index (χ0n) is 12.6. The highest BCUT2D eigenvalue weighted by Gasteiger charge is 2.17. The summed E-state index contributed by atoms with van der Waals surface area (Å²) < 4.78 is 7.51. The number of hydrogen-bond donors (Lipinski definition) is 2. The van der Waals surface area contributed by atoms with Crippen LogP contribution in [0.15, 0.2) is 24.3 Å². The molecule has 5 nitrogen and oxygen atoms in total. The standard InChI is InChI=1S/C16H22N4O/c1-3-20-15(6-11(2)19-20)8-16(18-17)12-4-5-13-9-21-10-14(13)7-12/h4-7,16,18H,3,8-10,17H2,1-2H3. The van der Waals surface area contributed by atoms with Crippen LogP contribution in [0.2, 0.25) is 0 Å². The molecule has 0 saturated carbocycles. The van der Waals surface area contributed by atoms with Crippen LogP contribution in [-0.2, 0) is 30.9 Å². The van der Waals surface area contributed by atoms with E-state index in [2.05, 4.69) is 41.7 Å². The van der Waals surface area contributed by atoms with Gasteiger partial charge in [0.25, 0.3) is 0 Å². The van der Waals surface area contributed by atoms with Gasteiger partial charge >= 0.3 is 0 Å². The largest absolute Gasteiger partial charge is 0.372 e. The van der Waals surface area contributed by atoms with Gasteiger partial charge in [0.1, 0.15) is 0 Å².